The summed E-state index contributed by atoms with van der Waals surface area (Å²) in [5.41, 5.74) is 0.484. The molecular weight excluding hydrogens is 274 g/mol. The van der Waals surface area contributed by atoms with E-state index in [0.717, 1.165) is 6.08 Å². The van der Waals surface area contributed by atoms with Crippen LogP contribution in [0, 0.1) is 0 Å². The molecule has 1 N–H and O–H groups in total. The maximum Gasteiger partial charge on any atom is 0.328 e. The van der Waals surface area contributed by atoms with E-state index in [2.05, 4.69) is 4.98 Å². The van der Waals surface area contributed by atoms with E-state index < -0.39 is 11.9 Å². The molecule has 0 unspecified atom stereocenters. The number of rotatable bonds is 5. The topological polar surface area (TPSA) is 90.8 Å². The van der Waals surface area contributed by atoms with Gasteiger partial charge in [0.05, 0.1) is 6.54 Å². The molecule has 0 saturated heterocycles. The number of hydrogen-bond donors (Lipinski definition) is 1. The number of hydrogen-bond acceptors (Lipinski definition) is 4. The van der Waals surface area contributed by atoms with Crippen molar-refractivity contribution in [3.05, 3.63) is 35.7 Å². The molecule has 2 amide bonds. The molecular formula is C14H17N3O4. The number of carbonyl (C=O) groups is 3. The Bertz CT molecular complexity index is 581. The van der Waals surface area contributed by atoms with Crippen LogP contribution in [0.15, 0.2) is 24.4 Å². The van der Waals surface area contributed by atoms with Gasteiger partial charge in [-0.1, -0.05) is 6.07 Å². The van der Waals surface area contributed by atoms with Crippen molar-refractivity contribution in [3.8, 4) is 0 Å². The summed E-state index contributed by atoms with van der Waals surface area (Å²) < 4.78 is 0. The normalized spacial score (nSPS) is 10.4. The number of carboxylic acid groups (broad SMARTS) is 1. The molecule has 1 aromatic rings. The van der Waals surface area contributed by atoms with Crippen LogP contribution >= 0.6 is 0 Å². The third-order valence-electron chi connectivity index (χ3n) is 2.66. The third kappa shape index (κ3) is 4.72. The van der Waals surface area contributed by atoms with Crippen molar-refractivity contribution in [2.75, 3.05) is 27.7 Å². The van der Waals surface area contributed by atoms with Gasteiger partial charge in [0, 0.05) is 39.0 Å². The summed E-state index contributed by atoms with van der Waals surface area (Å²) in [4.78, 5) is 41.0. The highest BCUT2D eigenvalue weighted by molar-refractivity contribution is 5.98. The predicted octanol–water partition coefficient (Wildman–Crippen LogP) is 0.340. The van der Waals surface area contributed by atoms with Crippen LogP contribution in [0.2, 0.25) is 0 Å². The number of aliphatic carboxylic acids is 1. The highest BCUT2D eigenvalue weighted by Gasteiger charge is 2.19. The fraction of sp³-hybridized carbons (Fsp3) is 0.286. The molecule has 21 heavy (non-hydrogen) atoms. The molecule has 0 atom stereocenters. The highest BCUT2D eigenvalue weighted by Crippen LogP contribution is 2.10. The maximum atomic E-state index is 12.3. The number of nitrogens with zero attached hydrogens (tertiary/aromatic N) is 3. The lowest BCUT2D eigenvalue weighted by molar-refractivity contribution is -0.131. The highest BCUT2D eigenvalue weighted by atomic mass is 16.4. The fourth-order valence-electron chi connectivity index (χ4n) is 1.49. The molecule has 7 heteroatoms. The van der Waals surface area contributed by atoms with Crippen molar-refractivity contribution in [3.63, 3.8) is 0 Å². The Hall–Kier alpha value is -2.70. The zero-order valence-corrected chi connectivity index (χ0v) is 12.1. The Kier molecular flexibility index (Phi) is 5.59. The number of likely N-dealkylation sites (N-methyl/N-ethyl adjacent to an activating group) is 2. The summed E-state index contributed by atoms with van der Waals surface area (Å²) in [7, 11) is 4.69. The second-order valence-electron chi connectivity index (χ2n) is 4.56. The van der Waals surface area contributed by atoms with Gasteiger partial charge in [-0.15, -0.1) is 0 Å². The fourth-order valence-corrected chi connectivity index (χ4v) is 1.49. The first kappa shape index (κ1) is 16.4. The van der Waals surface area contributed by atoms with E-state index in [9.17, 15) is 14.4 Å². The zero-order valence-electron chi connectivity index (χ0n) is 12.1. The van der Waals surface area contributed by atoms with Gasteiger partial charge in [0.1, 0.15) is 5.69 Å². The van der Waals surface area contributed by atoms with Gasteiger partial charge in [0.2, 0.25) is 5.91 Å². The molecule has 0 fully saturated rings. The van der Waals surface area contributed by atoms with Crippen LogP contribution in [0.4, 0.5) is 0 Å². The third-order valence-corrected chi connectivity index (χ3v) is 2.66. The van der Waals surface area contributed by atoms with Crippen LogP contribution in [0.1, 0.15) is 16.1 Å². The molecule has 112 valence electrons. The minimum Gasteiger partial charge on any atom is -0.478 e. The van der Waals surface area contributed by atoms with Crippen LogP contribution in [-0.2, 0) is 9.59 Å². The average Bonchev–Trinajstić information content (AvgIpc) is 2.44. The second kappa shape index (κ2) is 7.18. The summed E-state index contributed by atoms with van der Waals surface area (Å²) in [6, 6.07) is 3.19. The SMILES string of the molecule is CN(C)C(=O)CN(C)C(=O)c1ncccc1/C=C/C(=O)O. The van der Waals surface area contributed by atoms with Crippen molar-refractivity contribution in [2.24, 2.45) is 0 Å². The van der Waals surface area contributed by atoms with Gasteiger partial charge in [-0.25, -0.2) is 4.79 Å². The summed E-state index contributed by atoms with van der Waals surface area (Å²) >= 11 is 0. The summed E-state index contributed by atoms with van der Waals surface area (Å²) in [5.74, 6) is -1.78. The van der Waals surface area contributed by atoms with Crippen LogP contribution in [0.5, 0.6) is 0 Å². The molecule has 0 radical (unpaired) electrons. The number of carbonyl (C=O) groups excluding carboxylic acids is 2. The number of carboxylic acids is 1. The molecule has 1 heterocycles. The van der Waals surface area contributed by atoms with E-state index in [1.165, 1.54) is 29.1 Å². The first-order valence-electron chi connectivity index (χ1n) is 6.14. The molecule has 1 rings (SSSR count). The number of pyridine rings is 1. The number of amides is 2. The van der Waals surface area contributed by atoms with Gasteiger partial charge in [-0.05, 0) is 12.1 Å². The molecule has 0 aliphatic heterocycles. The van der Waals surface area contributed by atoms with Crippen molar-refractivity contribution in [1.29, 1.82) is 0 Å². The molecule has 7 nitrogen and oxygen atoms in total. The van der Waals surface area contributed by atoms with E-state index in [1.807, 2.05) is 0 Å². The largest absolute Gasteiger partial charge is 0.478 e. The number of aromatic nitrogens is 1. The first-order chi connectivity index (χ1) is 9.82. The molecule has 0 aliphatic carbocycles. The summed E-state index contributed by atoms with van der Waals surface area (Å²) in [5, 5.41) is 8.64. The molecule has 0 bridgehead atoms. The summed E-state index contributed by atoms with van der Waals surface area (Å²) in [6.45, 7) is -0.0789. The second-order valence-corrected chi connectivity index (χ2v) is 4.56. The molecule has 0 aliphatic rings. The maximum absolute atomic E-state index is 12.3. The minimum atomic E-state index is -1.12. The van der Waals surface area contributed by atoms with E-state index in [4.69, 9.17) is 5.11 Å². The van der Waals surface area contributed by atoms with Crippen molar-refractivity contribution >= 4 is 23.9 Å². The van der Waals surface area contributed by atoms with Crippen LogP contribution in [0.3, 0.4) is 0 Å². The van der Waals surface area contributed by atoms with Crippen LogP contribution < -0.4 is 0 Å². The lowest BCUT2D eigenvalue weighted by Crippen LogP contribution is -2.38. The van der Waals surface area contributed by atoms with Crippen molar-refractivity contribution < 1.29 is 19.5 Å². The molecule has 0 aromatic carbocycles. The van der Waals surface area contributed by atoms with E-state index >= 15 is 0 Å². The van der Waals surface area contributed by atoms with E-state index in [-0.39, 0.29) is 18.1 Å². The summed E-state index contributed by atoms with van der Waals surface area (Å²) in [6.07, 6.45) is 3.66. The zero-order chi connectivity index (χ0) is 16.0. The van der Waals surface area contributed by atoms with Crippen molar-refractivity contribution in [1.82, 2.24) is 14.8 Å². The first-order valence-corrected chi connectivity index (χ1v) is 6.14. The van der Waals surface area contributed by atoms with Crippen LogP contribution in [-0.4, -0.2) is 65.4 Å². The van der Waals surface area contributed by atoms with Crippen LogP contribution in [0.25, 0.3) is 6.08 Å². The monoisotopic (exact) mass is 291 g/mol. The average molecular weight is 291 g/mol. The smallest absolute Gasteiger partial charge is 0.328 e. The van der Waals surface area contributed by atoms with E-state index in [0.29, 0.717) is 5.56 Å². The Balaban J connectivity index is 2.97. The van der Waals surface area contributed by atoms with Crippen molar-refractivity contribution in [2.45, 2.75) is 0 Å². The quantitative estimate of drug-likeness (QED) is 0.790. The molecule has 1 aromatic heterocycles. The Morgan fingerprint density at radius 1 is 1.29 bits per heavy atom. The standard InChI is InChI=1S/C14H17N3O4/c1-16(2)11(18)9-17(3)14(21)13-10(5-4-8-15-13)6-7-12(19)20/h4-8H,9H2,1-3H3,(H,19,20)/b7-6+. The Morgan fingerprint density at radius 2 is 1.95 bits per heavy atom. The van der Waals surface area contributed by atoms with Gasteiger partial charge >= 0.3 is 5.97 Å². The van der Waals surface area contributed by atoms with Gasteiger partial charge < -0.3 is 14.9 Å². The van der Waals surface area contributed by atoms with E-state index in [1.54, 1.807) is 26.2 Å². The van der Waals surface area contributed by atoms with Gasteiger partial charge in [0.15, 0.2) is 0 Å². The van der Waals surface area contributed by atoms with Gasteiger partial charge in [-0.2, -0.15) is 0 Å². The van der Waals surface area contributed by atoms with Gasteiger partial charge in [-0.3, -0.25) is 14.6 Å². The lowest BCUT2D eigenvalue weighted by atomic mass is 10.1. The predicted molar refractivity (Wildman–Crippen MR) is 76.6 cm³/mol. The molecule has 0 spiro atoms. The minimum absolute atomic E-state index is 0.0789. The Morgan fingerprint density at radius 3 is 2.52 bits per heavy atom. The molecule has 0 saturated carbocycles. The van der Waals surface area contributed by atoms with Gasteiger partial charge in [0.25, 0.3) is 5.91 Å². The lowest BCUT2D eigenvalue weighted by Gasteiger charge is -2.19. The Labute approximate surface area is 122 Å².